The van der Waals surface area contributed by atoms with Crippen molar-refractivity contribution in [1.82, 2.24) is 28.2 Å². The largest absolute Gasteiger partial charge is 0.309 e. The van der Waals surface area contributed by atoms with Crippen LogP contribution in [0.1, 0.15) is 49.9 Å². The molecule has 0 amide bonds. The number of hydrogen-bond acceptors (Lipinski definition) is 2. The van der Waals surface area contributed by atoms with Crippen LogP contribution in [0.15, 0.2) is 340 Å². The van der Waals surface area contributed by atoms with E-state index in [-0.39, 0.29) is 10.8 Å². The van der Waals surface area contributed by atoms with Gasteiger partial charge in [0, 0.05) is 98.9 Å². The van der Waals surface area contributed by atoms with Crippen LogP contribution < -0.4 is 0 Å². The van der Waals surface area contributed by atoms with E-state index < -0.39 is 0 Å². The summed E-state index contributed by atoms with van der Waals surface area (Å²) in [7, 11) is 0. The van der Waals surface area contributed by atoms with E-state index in [1.807, 2.05) is 0 Å². The van der Waals surface area contributed by atoms with Gasteiger partial charge in [-0.25, -0.2) is 9.97 Å². The van der Waals surface area contributed by atoms with Gasteiger partial charge in [0.05, 0.1) is 55.5 Å². The van der Waals surface area contributed by atoms with E-state index in [1.54, 1.807) is 0 Å². The van der Waals surface area contributed by atoms with Gasteiger partial charge in [-0.05, 0) is 198 Å². The normalized spacial score (nSPS) is 13.6. The van der Waals surface area contributed by atoms with E-state index >= 15 is 0 Å². The van der Waals surface area contributed by atoms with Gasteiger partial charge >= 0.3 is 0 Å². The molecule has 3 aliphatic carbocycles. The summed E-state index contributed by atoms with van der Waals surface area (Å²) in [4.78, 5) is 11.6. The second-order valence-corrected chi connectivity index (χ2v) is 31.6. The van der Waals surface area contributed by atoms with Crippen LogP contribution in [0, 0.1) is 0 Å². The lowest BCUT2D eigenvalue weighted by atomic mass is 9.82. The average Bonchev–Trinajstić information content (AvgIpc) is 1.55. The molecule has 16 aromatic carbocycles. The zero-order chi connectivity index (χ0) is 72.6. The smallest absolute Gasteiger partial charge is 0.160 e. The summed E-state index contributed by atoms with van der Waals surface area (Å²) < 4.78 is 9.88. The maximum absolute atomic E-state index is 5.78. The monoisotopic (exact) mass is 1400 g/mol. The Labute approximate surface area is 634 Å². The highest BCUT2D eigenvalue weighted by Crippen LogP contribution is 2.54. The molecule has 0 unspecified atom stereocenters. The van der Waals surface area contributed by atoms with Crippen molar-refractivity contribution < 1.29 is 0 Å². The zero-order valence-electron chi connectivity index (χ0n) is 61.0. The molecule has 6 nitrogen and oxygen atoms in total. The average molecular weight is 1400 g/mol. The minimum atomic E-state index is -0.118. The quantitative estimate of drug-likeness (QED) is 0.152. The lowest BCUT2D eigenvalue weighted by molar-refractivity contribution is 0.660. The fraction of sp³-hybridized carbons (Fsp3) is 0.0577. The minimum Gasteiger partial charge on any atom is -0.309 e. The molecule has 5 heterocycles. The molecule has 6 heteroatoms. The molecule has 514 valence electrons. The number of hydrogen-bond donors (Lipinski definition) is 0. The molecule has 21 aromatic rings. The predicted octanol–water partition coefficient (Wildman–Crippen LogP) is 26.9. The molecule has 0 saturated carbocycles. The second kappa shape index (κ2) is 22.3. The van der Waals surface area contributed by atoms with Crippen molar-refractivity contribution in [2.75, 3.05) is 0 Å². The van der Waals surface area contributed by atoms with Crippen molar-refractivity contribution in [2.45, 2.75) is 38.5 Å². The Balaban J connectivity index is 0.679. The first-order valence-electron chi connectivity index (χ1n) is 38.4. The Hall–Kier alpha value is -13.9. The first-order chi connectivity index (χ1) is 54.1. The van der Waals surface area contributed by atoms with Gasteiger partial charge in [-0.15, -0.1) is 0 Å². The maximum atomic E-state index is 5.78. The molecule has 0 spiro atoms. The van der Waals surface area contributed by atoms with Crippen LogP contribution in [0.4, 0.5) is 0 Å². The van der Waals surface area contributed by atoms with Gasteiger partial charge in [0.1, 0.15) is 0 Å². The summed E-state index contributed by atoms with van der Waals surface area (Å²) >= 11 is 0. The Bertz CT molecular complexity index is 7290. The fourth-order valence-electron chi connectivity index (χ4n) is 20.0. The molecule has 24 rings (SSSR count). The van der Waals surface area contributed by atoms with Gasteiger partial charge < -0.3 is 18.3 Å². The molecule has 0 saturated heterocycles. The topological polar surface area (TPSA) is 45.5 Å². The Morgan fingerprint density at radius 3 is 1.02 bits per heavy atom. The van der Waals surface area contributed by atoms with E-state index in [4.69, 9.17) is 9.97 Å². The molecule has 110 heavy (non-hydrogen) atoms. The second-order valence-electron chi connectivity index (χ2n) is 31.6. The van der Waals surface area contributed by atoms with E-state index in [1.165, 1.54) is 143 Å². The van der Waals surface area contributed by atoms with Crippen molar-refractivity contribution in [1.29, 1.82) is 0 Å². The van der Waals surface area contributed by atoms with Gasteiger partial charge in [-0.1, -0.05) is 252 Å². The third kappa shape index (κ3) is 8.47. The Kier molecular flexibility index (Phi) is 12.4. The van der Waals surface area contributed by atoms with E-state index in [0.717, 1.165) is 83.8 Å². The van der Waals surface area contributed by atoms with E-state index in [9.17, 15) is 0 Å². The molecular weight excluding hydrogens is 1330 g/mol. The van der Waals surface area contributed by atoms with Crippen LogP contribution in [0.2, 0.25) is 0 Å². The molecule has 0 atom stereocenters. The van der Waals surface area contributed by atoms with Crippen LogP contribution in [0.5, 0.6) is 0 Å². The van der Waals surface area contributed by atoms with Crippen LogP contribution in [-0.2, 0) is 10.8 Å². The Morgan fingerprint density at radius 1 is 0.218 bits per heavy atom. The third-order valence-corrected chi connectivity index (χ3v) is 25.1. The van der Waals surface area contributed by atoms with E-state index in [0.29, 0.717) is 5.82 Å². The molecule has 0 bridgehead atoms. The van der Waals surface area contributed by atoms with Crippen molar-refractivity contribution >= 4 is 98.0 Å². The molecule has 0 radical (unpaired) electrons. The van der Waals surface area contributed by atoms with Gasteiger partial charge in [-0.3, -0.25) is 0 Å². The van der Waals surface area contributed by atoms with Crippen LogP contribution in [0.25, 0.3) is 210 Å². The molecule has 0 N–H and O–H groups in total. The highest BCUT2D eigenvalue weighted by atomic mass is 15.0. The van der Waals surface area contributed by atoms with Gasteiger partial charge in [0.25, 0.3) is 0 Å². The highest BCUT2D eigenvalue weighted by Gasteiger charge is 2.38. The first kappa shape index (κ1) is 61.2. The summed E-state index contributed by atoms with van der Waals surface area (Å²) in [6, 6.07) is 127. The summed E-state index contributed by atoms with van der Waals surface area (Å²) in [5.41, 5.74) is 35.9. The van der Waals surface area contributed by atoms with Crippen molar-refractivity contribution in [3.8, 4) is 112 Å². The zero-order valence-corrected chi connectivity index (χ0v) is 61.0. The van der Waals surface area contributed by atoms with Crippen LogP contribution >= 0.6 is 0 Å². The molecule has 5 aromatic heterocycles. The van der Waals surface area contributed by atoms with E-state index in [2.05, 4.69) is 386 Å². The fourth-order valence-corrected chi connectivity index (χ4v) is 20.0. The maximum Gasteiger partial charge on any atom is 0.160 e. The summed E-state index contributed by atoms with van der Waals surface area (Å²) in [6.45, 7) is 9.47. The highest BCUT2D eigenvalue weighted by molar-refractivity contribution is 6.19. The lowest BCUT2D eigenvalue weighted by Crippen LogP contribution is -2.15. The van der Waals surface area contributed by atoms with Crippen molar-refractivity contribution in [3.05, 3.63) is 362 Å². The Morgan fingerprint density at radius 2 is 0.573 bits per heavy atom. The van der Waals surface area contributed by atoms with Crippen molar-refractivity contribution in [3.63, 3.8) is 0 Å². The number of nitrogens with zero attached hydrogens (tertiary/aromatic N) is 6. The lowest BCUT2D eigenvalue weighted by Gasteiger charge is -2.22. The number of rotatable bonds is 8. The van der Waals surface area contributed by atoms with Gasteiger partial charge in [0.15, 0.2) is 5.82 Å². The minimum absolute atomic E-state index is 0.118. The standard InChI is InChI=1S/C104H68N6/c1-103(2)86-34-14-8-26-72(86)74-46-44-68(59-88(74)103)107-90-36-16-10-28-76(90)82-54-63(40-48-94(82)107)65-42-50-96-84(56-65)78-30-12-18-38-92(78)109(96)70-52-67(102-105-100(62-22-6-5-7-23-62)99-80-32-20-24-61-25-21-33-81(98(61)80)101(99)106-102)53-71(58-70)110-93-39-19-13-31-79(93)85-57-66(43-51-97(85)110)64-41-49-95-83(55-64)77-29-11-17-37-91(77)108(95)69-45-47-75-73-27-9-15-35-87(73)104(3,4)89(75)60-69/h5-60H,1-4H3. The van der Waals surface area contributed by atoms with Gasteiger partial charge in [0.2, 0.25) is 0 Å². The van der Waals surface area contributed by atoms with Crippen LogP contribution in [0.3, 0.4) is 0 Å². The molecular formula is C104H68N6. The van der Waals surface area contributed by atoms with Gasteiger partial charge in [-0.2, -0.15) is 0 Å². The SMILES string of the molecule is CC1(C)c2ccccc2-c2ccc(-n3c4ccccc4c4cc(-c5ccc6c(c5)c5ccccc5n6-c5cc(-c6nc(-c7ccccc7)c7c(n6)-c6cccc8cccc-7c68)cc(-n6c7ccccc7c7cc(-c8ccc9c(c8)c8ccccc8n9-c8ccc9c(c8)C(C)(C)c8ccccc8-9)ccc76)c5)ccc43)cc21. The third-order valence-electron chi connectivity index (χ3n) is 25.1. The predicted molar refractivity (Wildman–Crippen MR) is 458 cm³/mol. The summed E-state index contributed by atoms with van der Waals surface area (Å²) in [5.74, 6) is 0.659. The summed E-state index contributed by atoms with van der Waals surface area (Å²) in [6.07, 6.45) is 0. The number of para-hydroxylation sites is 4. The molecule has 0 fully saturated rings. The molecule has 3 aliphatic rings. The first-order valence-corrected chi connectivity index (χ1v) is 38.4. The number of aromatic nitrogens is 6. The van der Waals surface area contributed by atoms with Crippen LogP contribution in [-0.4, -0.2) is 28.2 Å². The number of fused-ring (bicyclic) bond motifs is 21. The summed E-state index contributed by atoms with van der Waals surface area (Å²) in [5, 5.41) is 12.0. The van der Waals surface area contributed by atoms with Crippen molar-refractivity contribution in [2.24, 2.45) is 0 Å². The number of benzene rings is 16. The molecule has 0 aliphatic heterocycles.